The summed E-state index contributed by atoms with van der Waals surface area (Å²) in [6.07, 6.45) is 0.817. The number of phenols is 1. The standard InChI is InChI=1S/C15H24N2O2/c1-4-13(12-7-5-6-8-14(12)18)17(9-11(2)3)10-15(16)19/h5-8,11,13,18H,4,9-10H2,1-3H3,(H2,16,19). The van der Waals surface area contributed by atoms with Crippen LogP contribution >= 0.6 is 0 Å². The van der Waals surface area contributed by atoms with Gasteiger partial charge in [0.1, 0.15) is 5.75 Å². The van der Waals surface area contributed by atoms with Crippen LogP contribution in [-0.2, 0) is 4.79 Å². The number of hydrogen-bond donors (Lipinski definition) is 2. The van der Waals surface area contributed by atoms with Crippen molar-refractivity contribution < 1.29 is 9.90 Å². The van der Waals surface area contributed by atoms with Crippen LogP contribution in [0.15, 0.2) is 24.3 Å². The summed E-state index contributed by atoms with van der Waals surface area (Å²) in [5, 5.41) is 9.99. The van der Waals surface area contributed by atoms with Gasteiger partial charge in [0.05, 0.1) is 6.54 Å². The van der Waals surface area contributed by atoms with Crippen LogP contribution in [0, 0.1) is 5.92 Å². The first-order chi connectivity index (χ1) is 8.95. The molecule has 0 aliphatic heterocycles. The Balaban J connectivity index is 3.01. The molecule has 0 saturated heterocycles. The largest absolute Gasteiger partial charge is 0.508 e. The molecule has 0 saturated carbocycles. The molecule has 1 rings (SSSR count). The Hall–Kier alpha value is -1.55. The molecular formula is C15H24N2O2. The van der Waals surface area contributed by atoms with Gasteiger partial charge in [0.15, 0.2) is 0 Å². The van der Waals surface area contributed by atoms with Gasteiger partial charge in [0.2, 0.25) is 5.91 Å². The molecule has 1 aromatic rings. The van der Waals surface area contributed by atoms with Crippen LogP contribution in [0.3, 0.4) is 0 Å². The van der Waals surface area contributed by atoms with Crippen LogP contribution in [-0.4, -0.2) is 29.0 Å². The third-order valence-electron chi connectivity index (χ3n) is 3.08. The van der Waals surface area contributed by atoms with Crippen LogP contribution in [0.4, 0.5) is 0 Å². The maximum absolute atomic E-state index is 11.2. The fourth-order valence-electron chi connectivity index (χ4n) is 2.42. The van der Waals surface area contributed by atoms with Gasteiger partial charge in [-0.1, -0.05) is 39.0 Å². The van der Waals surface area contributed by atoms with Gasteiger partial charge in [-0.25, -0.2) is 0 Å². The number of rotatable bonds is 7. The number of amides is 1. The van der Waals surface area contributed by atoms with E-state index in [1.807, 2.05) is 24.0 Å². The monoisotopic (exact) mass is 264 g/mol. The number of aromatic hydroxyl groups is 1. The third-order valence-corrected chi connectivity index (χ3v) is 3.08. The molecule has 4 heteroatoms. The zero-order valence-corrected chi connectivity index (χ0v) is 12.0. The highest BCUT2D eigenvalue weighted by Crippen LogP contribution is 2.31. The average Bonchev–Trinajstić information content (AvgIpc) is 2.30. The van der Waals surface area contributed by atoms with E-state index in [-0.39, 0.29) is 24.2 Å². The van der Waals surface area contributed by atoms with E-state index in [0.717, 1.165) is 18.5 Å². The topological polar surface area (TPSA) is 66.6 Å². The highest BCUT2D eigenvalue weighted by Gasteiger charge is 2.23. The molecule has 1 amide bonds. The van der Waals surface area contributed by atoms with Gasteiger partial charge >= 0.3 is 0 Å². The van der Waals surface area contributed by atoms with E-state index in [9.17, 15) is 9.90 Å². The van der Waals surface area contributed by atoms with E-state index in [0.29, 0.717) is 5.92 Å². The first-order valence-electron chi connectivity index (χ1n) is 6.75. The molecule has 0 heterocycles. The second kappa shape index (κ2) is 7.14. The van der Waals surface area contributed by atoms with Crippen molar-refractivity contribution >= 4 is 5.91 Å². The maximum Gasteiger partial charge on any atom is 0.231 e. The minimum atomic E-state index is -0.338. The van der Waals surface area contributed by atoms with Crippen molar-refractivity contribution in [1.29, 1.82) is 0 Å². The van der Waals surface area contributed by atoms with Gasteiger partial charge in [0.25, 0.3) is 0 Å². The molecule has 0 aliphatic rings. The SMILES string of the molecule is CCC(c1ccccc1O)N(CC(N)=O)CC(C)C. The van der Waals surface area contributed by atoms with E-state index in [1.54, 1.807) is 12.1 Å². The van der Waals surface area contributed by atoms with Crippen LogP contribution in [0.25, 0.3) is 0 Å². The molecule has 0 spiro atoms. The predicted molar refractivity (Wildman–Crippen MR) is 76.7 cm³/mol. The Labute approximate surface area is 115 Å². The van der Waals surface area contributed by atoms with Crippen molar-refractivity contribution in [3.8, 4) is 5.75 Å². The molecule has 0 radical (unpaired) electrons. The van der Waals surface area contributed by atoms with Crippen LogP contribution in [0.5, 0.6) is 5.75 Å². The van der Waals surface area contributed by atoms with Crippen LogP contribution in [0.1, 0.15) is 38.8 Å². The van der Waals surface area contributed by atoms with Crippen LogP contribution in [0.2, 0.25) is 0 Å². The lowest BCUT2D eigenvalue weighted by Crippen LogP contribution is -2.38. The number of carbonyl (C=O) groups is 1. The number of phenolic OH excluding ortho intramolecular Hbond substituents is 1. The number of nitrogens with zero attached hydrogens (tertiary/aromatic N) is 1. The molecule has 19 heavy (non-hydrogen) atoms. The Kier molecular flexibility index (Phi) is 5.83. The number of para-hydroxylation sites is 1. The lowest BCUT2D eigenvalue weighted by atomic mass is 10.00. The van der Waals surface area contributed by atoms with E-state index in [4.69, 9.17) is 5.73 Å². The fourth-order valence-corrected chi connectivity index (χ4v) is 2.42. The first-order valence-corrected chi connectivity index (χ1v) is 6.75. The summed E-state index contributed by atoms with van der Waals surface area (Å²) in [5.74, 6) is 0.362. The predicted octanol–water partition coefficient (Wildman–Crippen LogP) is 2.29. The van der Waals surface area contributed by atoms with Crippen LogP contribution < -0.4 is 5.73 Å². The summed E-state index contributed by atoms with van der Waals surface area (Å²) in [4.78, 5) is 13.3. The highest BCUT2D eigenvalue weighted by molar-refractivity contribution is 5.76. The average molecular weight is 264 g/mol. The number of nitrogens with two attached hydrogens (primary N) is 1. The summed E-state index contributed by atoms with van der Waals surface area (Å²) in [6, 6.07) is 7.28. The van der Waals surface area contributed by atoms with E-state index in [2.05, 4.69) is 13.8 Å². The van der Waals surface area contributed by atoms with Crippen molar-refractivity contribution in [3.05, 3.63) is 29.8 Å². The molecule has 1 unspecified atom stereocenters. The maximum atomic E-state index is 11.2. The van der Waals surface area contributed by atoms with Gasteiger partial charge < -0.3 is 10.8 Å². The molecule has 1 aromatic carbocycles. The van der Waals surface area contributed by atoms with Crippen molar-refractivity contribution in [2.75, 3.05) is 13.1 Å². The Morgan fingerprint density at radius 3 is 2.47 bits per heavy atom. The van der Waals surface area contributed by atoms with Crippen molar-refractivity contribution in [2.24, 2.45) is 11.7 Å². The quantitative estimate of drug-likeness (QED) is 0.794. The molecule has 106 valence electrons. The summed E-state index contributed by atoms with van der Waals surface area (Å²) in [7, 11) is 0. The van der Waals surface area contributed by atoms with Gasteiger partial charge in [-0.2, -0.15) is 0 Å². The normalized spacial score (nSPS) is 12.9. The summed E-state index contributed by atoms with van der Waals surface area (Å²) in [6.45, 7) is 7.24. The first kappa shape index (κ1) is 15.5. The molecule has 0 aliphatic carbocycles. The summed E-state index contributed by atoms with van der Waals surface area (Å²) >= 11 is 0. The van der Waals surface area contributed by atoms with Gasteiger partial charge in [0, 0.05) is 18.2 Å². The number of benzene rings is 1. The minimum Gasteiger partial charge on any atom is -0.508 e. The summed E-state index contributed by atoms with van der Waals surface area (Å²) in [5.41, 5.74) is 6.19. The molecule has 0 aromatic heterocycles. The number of carbonyl (C=O) groups excluding carboxylic acids is 1. The Morgan fingerprint density at radius 1 is 1.37 bits per heavy atom. The zero-order chi connectivity index (χ0) is 14.4. The second-order valence-electron chi connectivity index (χ2n) is 5.27. The van der Waals surface area contributed by atoms with E-state index < -0.39 is 0 Å². The minimum absolute atomic E-state index is 0.0103. The number of hydrogen-bond acceptors (Lipinski definition) is 3. The molecular weight excluding hydrogens is 240 g/mol. The van der Waals surface area contributed by atoms with Crippen molar-refractivity contribution in [2.45, 2.75) is 33.2 Å². The van der Waals surface area contributed by atoms with Crippen molar-refractivity contribution in [1.82, 2.24) is 4.90 Å². The Morgan fingerprint density at radius 2 is 2.00 bits per heavy atom. The fraction of sp³-hybridized carbons (Fsp3) is 0.533. The van der Waals surface area contributed by atoms with Crippen molar-refractivity contribution in [3.63, 3.8) is 0 Å². The number of primary amides is 1. The lowest BCUT2D eigenvalue weighted by molar-refractivity contribution is -0.119. The van der Waals surface area contributed by atoms with E-state index in [1.165, 1.54) is 0 Å². The lowest BCUT2D eigenvalue weighted by Gasteiger charge is -2.32. The van der Waals surface area contributed by atoms with E-state index >= 15 is 0 Å². The molecule has 0 fully saturated rings. The second-order valence-corrected chi connectivity index (χ2v) is 5.27. The molecule has 0 bridgehead atoms. The van der Waals surface area contributed by atoms with Gasteiger partial charge in [-0.05, 0) is 18.4 Å². The van der Waals surface area contributed by atoms with Gasteiger partial charge in [-0.3, -0.25) is 9.69 Å². The molecule has 1 atom stereocenters. The smallest absolute Gasteiger partial charge is 0.231 e. The third kappa shape index (κ3) is 4.56. The summed E-state index contributed by atoms with van der Waals surface area (Å²) < 4.78 is 0. The highest BCUT2D eigenvalue weighted by atomic mass is 16.3. The molecule has 4 nitrogen and oxygen atoms in total. The zero-order valence-electron chi connectivity index (χ0n) is 12.0. The van der Waals surface area contributed by atoms with Gasteiger partial charge in [-0.15, -0.1) is 0 Å². The Bertz CT molecular complexity index is 418. The molecule has 3 N–H and O–H groups in total.